The van der Waals surface area contributed by atoms with E-state index in [1.165, 1.54) is 11.3 Å². The third-order valence-electron chi connectivity index (χ3n) is 3.85. The standard InChI is InChI=1S/C17H19N3O3S/c1-3-10(2)23-8-16(22)20-17-19-14(9-24-17)11-4-5-13-12(6-11)7-15(21)18-13/h4-6,9-10H,3,7-8H2,1-2H3,(H,18,21)(H,19,20,22). The van der Waals surface area contributed by atoms with Crippen molar-refractivity contribution in [1.29, 1.82) is 0 Å². The molecule has 0 aliphatic carbocycles. The van der Waals surface area contributed by atoms with E-state index in [0.29, 0.717) is 11.6 Å². The topological polar surface area (TPSA) is 80.3 Å². The second-order valence-electron chi connectivity index (χ2n) is 5.71. The first-order chi connectivity index (χ1) is 11.5. The number of benzene rings is 1. The van der Waals surface area contributed by atoms with Crippen molar-refractivity contribution in [3.63, 3.8) is 0 Å². The van der Waals surface area contributed by atoms with Gasteiger partial charge in [-0.05, 0) is 31.0 Å². The van der Waals surface area contributed by atoms with Crippen molar-refractivity contribution < 1.29 is 14.3 Å². The third-order valence-corrected chi connectivity index (χ3v) is 4.61. The summed E-state index contributed by atoms with van der Waals surface area (Å²) < 4.78 is 5.40. The van der Waals surface area contributed by atoms with Gasteiger partial charge in [0.25, 0.3) is 5.91 Å². The minimum atomic E-state index is -0.208. The van der Waals surface area contributed by atoms with Gasteiger partial charge in [-0.15, -0.1) is 11.3 Å². The van der Waals surface area contributed by atoms with E-state index < -0.39 is 0 Å². The number of rotatable bonds is 6. The van der Waals surface area contributed by atoms with E-state index in [9.17, 15) is 9.59 Å². The van der Waals surface area contributed by atoms with Crippen molar-refractivity contribution in [3.05, 3.63) is 29.1 Å². The Morgan fingerprint density at radius 1 is 1.50 bits per heavy atom. The van der Waals surface area contributed by atoms with Crippen molar-refractivity contribution in [1.82, 2.24) is 4.98 Å². The zero-order chi connectivity index (χ0) is 17.1. The normalized spacial score (nSPS) is 14.2. The van der Waals surface area contributed by atoms with Gasteiger partial charge in [0.2, 0.25) is 5.91 Å². The Balaban J connectivity index is 1.65. The van der Waals surface area contributed by atoms with Crippen LogP contribution in [0.5, 0.6) is 0 Å². The average molecular weight is 345 g/mol. The van der Waals surface area contributed by atoms with E-state index in [1.807, 2.05) is 37.4 Å². The van der Waals surface area contributed by atoms with Crippen LogP contribution in [-0.2, 0) is 20.7 Å². The van der Waals surface area contributed by atoms with Crippen molar-refractivity contribution in [3.8, 4) is 11.3 Å². The largest absolute Gasteiger partial charge is 0.369 e. The van der Waals surface area contributed by atoms with Crippen LogP contribution in [0.15, 0.2) is 23.6 Å². The molecular formula is C17H19N3O3S. The molecule has 2 N–H and O–H groups in total. The molecule has 0 fully saturated rings. The van der Waals surface area contributed by atoms with Crippen LogP contribution in [0.1, 0.15) is 25.8 Å². The molecule has 2 amide bonds. The van der Waals surface area contributed by atoms with Crippen LogP contribution in [0.2, 0.25) is 0 Å². The maximum atomic E-state index is 11.9. The lowest BCUT2D eigenvalue weighted by atomic mass is 10.1. The van der Waals surface area contributed by atoms with Gasteiger partial charge >= 0.3 is 0 Å². The first kappa shape index (κ1) is 16.6. The maximum absolute atomic E-state index is 11.9. The van der Waals surface area contributed by atoms with Gasteiger partial charge in [0.05, 0.1) is 18.2 Å². The number of hydrogen-bond acceptors (Lipinski definition) is 5. The first-order valence-electron chi connectivity index (χ1n) is 7.85. The van der Waals surface area contributed by atoms with Gasteiger partial charge in [-0.1, -0.05) is 13.0 Å². The van der Waals surface area contributed by atoms with Crippen molar-refractivity contribution >= 4 is 34.0 Å². The molecule has 1 aliphatic heterocycles. The smallest absolute Gasteiger partial charge is 0.252 e. The van der Waals surface area contributed by atoms with E-state index in [1.54, 1.807) is 0 Å². The summed E-state index contributed by atoms with van der Waals surface area (Å²) in [5.74, 6) is -0.199. The monoisotopic (exact) mass is 345 g/mol. The predicted molar refractivity (Wildman–Crippen MR) is 94.2 cm³/mol. The van der Waals surface area contributed by atoms with Gasteiger partial charge < -0.3 is 10.1 Å². The molecule has 3 rings (SSSR count). The van der Waals surface area contributed by atoms with Crippen molar-refractivity contribution in [2.24, 2.45) is 0 Å². The van der Waals surface area contributed by atoms with E-state index in [0.717, 1.165) is 28.9 Å². The zero-order valence-electron chi connectivity index (χ0n) is 13.6. The fourth-order valence-corrected chi connectivity index (χ4v) is 3.08. The molecule has 0 radical (unpaired) electrons. The molecule has 1 aromatic heterocycles. The summed E-state index contributed by atoms with van der Waals surface area (Å²) in [7, 11) is 0. The van der Waals surface area contributed by atoms with Crippen LogP contribution >= 0.6 is 11.3 Å². The summed E-state index contributed by atoms with van der Waals surface area (Å²) in [5.41, 5.74) is 3.53. The van der Waals surface area contributed by atoms with Gasteiger partial charge in [-0.3, -0.25) is 14.9 Å². The molecule has 1 unspecified atom stereocenters. The Bertz CT molecular complexity index is 772. The Hall–Kier alpha value is -2.25. The highest BCUT2D eigenvalue weighted by Crippen LogP contribution is 2.30. The average Bonchev–Trinajstić information content (AvgIpc) is 3.17. The number of amides is 2. The molecule has 0 bridgehead atoms. The number of ether oxygens (including phenoxy) is 1. The van der Waals surface area contributed by atoms with Gasteiger partial charge in [-0.2, -0.15) is 0 Å². The molecule has 2 aromatic rings. The van der Waals surface area contributed by atoms with Crippen molar-refractivity contribution in [2.45, 2.75) is 32.8 Å². The highest BCUT2D eigenvalue weighted by Gasteiger charge is 2.18. The van der Waals surface area contributed by atoms with E-state index >= 15 is 0 Å². The number of aromatic nitrogens is 1. The summed E-state index contributed by atoms with van der Waals surface area (Å²) in [6.07, 6.45) is 1.32. The molecule has 0 saturated carbocycles. The number of thiazole rings is 1. The summed E-state index contributed by atoms with van der Waals surface area (Å²) in [4.78, 5) is 27.7. The van der Waals surface area contributed by atoms with Crippen LogP contribution in [0.4, 0.5) is 10.8 Å². The van der Waals surface area contributed by atoms with E-state index in [2.05, 4.69) is 15.6 Å². The molecule has 0 spiro atoms. The Morgan fingerprint density at radius 2 is 2.33 bits per heavy atom. The van der Waals surface area contributed by atoms with Crippen LogP contribution in [-0.4, -0.2) is 29.5 Å². The molecule has 0 saturated heterocycles. The highest BCUT2D eigenvalue weighted by atomic mass is 32.1. The zero-order valence-corrected chi connectivity index (χ0v) is 14.4. The summed E-state index contributed by atoms with van der Waals surface area (Å²) >= 11 is 1.37. The fraction of sp³-hybridized carbons (Fsp3) is 0.353. The SMILES string of the molecule is CCC(C)OCC(=O)Nc1nc(-c2ccc3c(c2)CC(=O)N3)cs1. The quantitative estimate of drug-likeness (QED) is 0.843. The molecule has 2 heterocycles. The highest BCUT2D eigenvalue weighted by molar-refractivity contribution is 7.14. The summed E-state index contributed by atoms with van der Waals surface area (Å²) in [5, 5.41) is 7.98. The van der Waals surface area contributed by atoms with Gasteiger partial charge in [0.15, 0.2) is 5.13 Å². The molecular weight excluding hydrogens is 326 g/mol. The number of nitrogens with one attached hydrogen (secondary N) is 2. The number of carbonyl (C=O) groups excluding carboxylic acids is 2. The second kappa shape index (κ2) is 7.11. The fourth-order valence-electron chi connectivity index (χ4n) is 2.34. The minimum absolute atomic E-state index is 0.00897. The lowest BCUT2D eigenvalue weighted by Crippen LogP contribution is -2.21. The second-order valence-corrected chi connectivity index (χ2v) is 6.57. The Morgan fingerprint density at radius 3 is 3.12 bits per heavy atom. The van der Waals surface area contributed by atoms with Gasteiger partial charge in [-0.25, -0.2) is 4.98 Å². The molecule has 126 valence electrons. The van der Waals surface area contributed by atoms with Crippen LogP contribution in [0.3, 0.4) is 0 Å². The Labute approximate surface area is 144 Å². The molecule has 1 atom stereocenters. The van der Waals surface area contributed by atoms with Crippen LogP contribution < -0.4 is 10.6 Å². The molecule has 1 aromatic carbocycles. The predicted octanol–water partition coefficient (Wildman–Crippen LogP) is 3.06. The molecule has 7 heteroatoms. The summed E-state index contributed by atoms with van der Waals surface area (Å²) in [6, 6.07) is 5.75. The van der Waals surface area contributed by atoms with Crippen molar-refractivity contribution in [2.75, 3.05) is 17.2 Å². The van der Waals surface area contributed by atoms with E-state index in [4.69, 9.17) is 4.74 Å². The Kier molecular flexibility index (Phi) is 4.92. The van der Waals surface area contributed by atoms with E-state index in [-0.39, 0.29) is 24.5 Å². The number of anilines is 2. The maximum Gasteiger partial charge on any atom is 0.252 e. The molecule has 6 nitrogen and oxygen atoms in total. The lowest BCUT2D eigenvalue weighted by molar-refractivity contribution is -0.122. The molecule has 24 heavy (non-hydrogen) atoms. The number of fused-ring (bicyclic) bond motifs is 1. The number of nitrogens with zero attached hydrogens (tertiary/aromatic N) is 1. The van der Waals surface area contributed by atoms with Crippen LogP contribution in [0.25, 0.3) is 11.3 Å². The minimum Gasteiger partial charge on any atom is -0.369 e. The van der Waals surface area contributed by atoms with Gasteiger partial charge in [0.1, 0.15) is 6.61 Å². The number of hydrogen-bond donors (Lipinski definition) is 2. The van der Waals surface area contributed by atoms with Gasteiger partial charge in [0, 0.05) is 16.6 Å². The van der Waals surface area contributed by atoms with Crippen LogP contribution in [0, 0.1) is 0 Å². The molecule has 1 aliphatic rings. The third kappa shape index (κ3) is 3.80. The lowest BCUT2D eigenvalue weighted by Gasteiger charge is -2.09. The first-order valence-corrected chi connectivity index (χ1v) is 8.73. The summed E-state index contributed by atoms with van der Waals surface area (Å²) in [6.45, 7) is 3.97. The number of carbonyl (C=O) groups is 2.